The van der Waals surface area contributed by atoms with Gasteiger partial charge < -0.3 is 10.2 Å². The maximum absolute atomic E-state index is 14.5. The normalized spacial score (nSPS) is 12.6. The van der Waals surface area contributed by atoms with Crippen molar-refractivity contribution in [1.29, 1.82) is 0 Å². The van der Waals surface area contributed by atoms with E-state index in [0.29, 0.717) is 22.0 Å². The van der Waals surface area contributed by atoms with Gasteiger partial charge in [0, 0.05) is 29.1 Å². The van der Waals surface area contributed by atoms with Crippen LogP contribution in [0, 0.1) is 0 Å². The number of benzene rings is 4. The van der Waals surface area contributed by atoms with Crippen molar-refractivity contribution in [2.75, 3.05) is 10.8 Å². The van der Waals surface area contributed by atoms with Crippen LogP contribution >= 0.6 is 34.8 Å². The fourth-order valence-electron chi connectivity index (χ4n) is 4.72. The lowest BCUT2D eigenvalue weighted by molar-refractivity contribution is -0.140. The lowest BCUT2D eigenvalue weighted by atomic mass is 10.0. The second kappa shape index (κ2) is 15.6. The molecule has 0 saturated heterocycles. The standard InChI is InChI=1S/C34H34Cl3N3O4S/c1-3-24(2)38-34(42)32(20-25-12-6-4-7-13-25)39(22-26-14-10-11-17-29(26)36)33(41)23-40(31-19-18-27(35)21-30(31)37)45(43,44)28-15-8-5-9-16-28/h4-19,21,24,32H,3,20,22-23H2,1-2H3,(H,38,42)/t24-,32-/m0/s1. The van der Waals surface area contributed by atoms with Gasteiger partial charge in [-0.3, -0.25) is 13.9 Å². The summed E-state index contributed by atoms with van der Waals surface area (Å²) in [6.07, 6.45) is 0.868. The van der Waals surface area contributed by atoms with E-state index in [-0.39, 0.29) is 40.5 Å². The van der Waals surface area contributed by atoms with Crippen LogP contribution in [-0.4, -0.2) is 43.8 Å². The number of halogens is 3. The second-order valence-electron chi connectivity index (χ2n) is 10.6. The van der Waals surface area contributed by atoms with E-state index in [4.69, 9.17) is 34.8 Å². The SMILES string of the molecule is CC[C@H](C)NC(=O)[C@H](Cc1ccccc1)N(Cc1ccccc1Cl)C(=O)CN(c1ccc(Cl)cc1Cl)S(=O)(=O)c1ccccc1. The Hall–Kier alpha value is -3.56. The molecular formula is C34H34Cl3N3O4S. The molecule has 0 aliphatic rings. The molecule has 2 atom stereocenters. The molecule has 0 aliphatic carbocycles. The van der Waals surface area contributed by atoms with Crippen LogP contribution in [0.15, 0.2) is 108 Å². The number of rotatable bonds is 13. The molecule has 0 saturated carbocycles. The third kappa shape index (κ3) is 8.79. The first-order valence-corrected chi connectivity index (χ1v) is 17.0. The first kappa shape index (κ1) is 34.3. The number of sulfonamides is 1. The second-order valence-corrected chi connectivity index (χ2v) is 13.7. The monoisotopic (exact) mass is 685 g/mol. The van der Waals surface area contributed by atoms with Crippen molar-refractivity contribution >= 4 is 62.3 Å². The summed E-state index contributed by atoms with van der Waals surface area (Å²) < 4.78 is 29.1. The molecule has 1 N–H and O–H groups in total. The average Bonchev–Trinajstić information content (AvgIpc) is 3.03. The zero-order valence-corrected chi connectivity index (χ0v) is 28.0. The minimum atomic E-state index is -4.30. The van der Waals surface area contributed by atoms with Crippen LogP contribution in [0.4, 0.5) is 5.69 Å². The highest BCUT2D eigenvalue weighted by Crippen LogP contribution is 2.33. The van der Waals surface area contributed by atoms with E-state index >= 15 is 0 Å². The van der Waals surface area contributed by atoms with Crippen molar-refractivity contribution in [3.05, 3.63) is 129 Å². The van der Waals surface area contributed by atoms with Crippen LogP contribution in [0.25, 0.3) is 0 Å². The number of nitrogens with zero attached hydrogens (tertiary/aromatic N) is 2. The van der Waals surface area contributed by atoms with E-state index in [1.54, 1.807) is 42.5 Å². The van der Waals surface area contributed by atoms with Gasteiger partial charge in [-0.2, -0.15) is 0 Å². The number of anilines is 1. The molecule has 11 heteroatoms. The van der Waals surface area contributed by atoms with Crippen LogP contribution in [0.5, 0.6) is 0 Å². The summed E-state index contributed by atoms with van der Waals surface area (Å²) in [6, 6.07) is 27.3. The summed E-state index contributed by atoms with van der Waals surface area (Å²) in [4.78, 5) is 29.8. The molecule has 0 aromatic heterocycles. The minimum Gasteiger partial charge on any atom is -0.352 e. The van der Waals surface area contributed by atoms with Gasteiger partial charge >= 0.3 is 0 Å². The molecule has 4 rings (SSSR count). The number of carbonyl (C=O) groups excluding carboxylic acids is 2. The van der Waals surface area contributed by atoms with Crippen molar-refractivity contribution in [3.8, 4) is 0 Å². The Balaban J connectivity index is 1.83. The quantitative estimate of drug-likeness (QED) is 0.159. The molecule has 7 nitrogen and oxygen atoms in total. The molecule has 4 aromatic rings. The molecule has 0 unspecified atom stereocenters. The van der Waals surface area contributed by atoms with Crippen LogP contribution < -0.4 is 9.62 Å². The van der Waals surface area contributed by atoms with Gasteiger partial charge in [0.05, 0.1) is 15.6 Å². The predicted octanol–water partition coefficient (Wildman–Crippen LogP) is 7.40. The molecule has 0 aliphatic heterocycles. The van der Waals surface area contributed by atoms with E-state index < -0.39 is 28.5 Å². The first-order valence-electron chi connectivity index (χ1n) is 14.4. The highest BCUT2D eigenvalue weighted by molar-refractivity contribution is 7.92. The maximum Gasteiger partial charge on any atom is 0.264 e. The van der Waals surface area contributed by atoms with Gasteiger partial charge in [-0.25, -0.2) is 8.42 Å². The lowest BCUT2D eigenvalue weighted by Crippen LogP contribution is -2.54. The Bertz CT molecular complexity index is 1720. The van der Waals surface area contributed by atoms with Crippen LogP contribution in [0.3, 0.4) is 0 Å². The van der Waals surface area contributed by atoms with Gasteiger partial charge in [-0.05, 0) is 60.9 Å². The van der Waals surface area contributed by atoms with Gasteiger partial charge in [0.2, 0.25) is 11.8 Å². The summed E-state index contributed by atoms with van der Waals surface area (Å²) in [5, 5.41) is 3.76. The predicted molar refractivity (Wildman–Crippen MR) is 181 cm³/mol. The van der Waals surface area contributed by atoms with Crippen LogP contribution in [-0.2, 0) is 32.6 Å². The Kier molecular flexibility index (Phi) is 11.9. The number of carbonyl (C=O) groups is 2. The molecule has 4 aromatic carbocycles. The topological polar surface area (TPSA) is 86.8 Å². The summed E-state index contributed by atoms with van der Waals surface area (Å²) in [5.74, 6) is -0.990. The van der Waals surface area contributed by atoms with Crippen molar-refractivity contribution in [2.45, 2.75) is 50.2 Å². The van der Waals surface area contributed by atoms with Gasteiger partial charge in [-0.1, -0.05) is 108 Å². The van der Waals surface area contributed by atoms with Gasteiger partial charge in [0.1, 0.15) is 12.6 Å². The fourth-order valence-corrected chi connectivity index (χ4v) is 6.93. The fraction of sp³-hybridized carbons (Fsp3) is 0.235. The zero-order chi connectivity index (χ0) is 32.6. The van der Waals surface area contributed by atoms with E-state index in [2.05, 4.69) is 5.32 Å². The molecular weight excluding hydrogens is 653 g/mol. The molecule has 45 heavy (non-hydrogen) atoms. The number of hydrogen-bond acceptors (Lipinski definition) is 4. The summed E-state index contributed by atoms with van der Waals surface area (Å²) in [5.41, 5.74) is 1.50. The molecule has 0 bridgehead atoms. The Morgan fingerprint density at radius 2 is 1.44 bits per heavy atom. The average molecular weight is 687 g/mol. The van der Waals surface area contributed by atoms with Crippen molar-refractivity contribution in [3.63, 3.8) is 0 Å². The molecule has 2 amide bonds. The number of hydrogen-bond donors (Lipinski definition) is 1. The number of nitrogens with one attached hydrogen (secondary N) is 1. The van der Waals surface area contributed by atoms with Gasteiger partial charge in [0.15, 0.2) is 0 Å². The molecule has 236 valence electrons. The molecule has 0 radical (unpaired) electrons. The summed E-state index contributed by atoms with van der Waals surface area (Å²) in [7, 11) is -4.30. The highest BCUT2D eigenvalue weighted by Gasteiger charge is 2.35. The number of amides is 2. The molecule has 0 spiro atoms. The van der Waals surface area contributed by atoms with E-state index in [1.165, 1.54) is 35.2 Å². The summed E-state index contributed by atoms with van der Waals surface area (Å²) >= 11 is 19.2. The maximum atomic E-state index is 14.5. The lowest BCUT2D eigenvalue weighted by Gasteiger charge is -2.34. The minimum absolute atomic E-state index is 0.0307. The van der Waals surface area contributed by atoms with Crippen molar-refractivity contribution < 1.29 is 18.0 Å². The third-order valence-electron chi connectivity index (χ3n) is 7.36. The first-order chi connectivity index (χ1) is 21.5. The van der Waals surface area contributed by atoms with Crippen LogP contribution in [0.1, 0.15) is 31.4 Å². The third-order valence-corrected chi connectivity index (χ3v) is 10.0. The van der Waals surface area contributed by atoms with E-state index in [9.17, 15) is 18.0 Å². The Labute approximate surface area is 279 Å². The largest absolute Gasteiger partial charge is 0.352 e. The summed E-state index contributed by atoms with van der Waals surface area (Å²) in [6.45, 7) is 3.14. The van der Waals surface area contributed by atoms with Gasteiger partial charge in [-0.15, -0.1) is 0 Å². The zero-order valence-electron chi connectivity index (χ0n) is 24.9. The van der Waals surface area contributed by atoms with Crippen molar-refractivity contribution in [2.24, 2.45) is 0 Å². The van der Waals surface area contributed by atoms with Crippen molar-refractivity contribution in [1.82, 2.24) is 10.2 Å². The smallest absolute Gasteiger partial charge is 0.264 e. The Morgan fingerprint density at radius 3 is 2.07 bits per heavy atom. The molecule has 0 heterocycles. The van der Waals surface area contributed by atoms with Crippen LogP contribution in [0.2, 0.25) is 15.1 Å². The highest BCUT2D eigenvalue weighted by atomic mass is 35.5. The van der Waals surface area contributed by atoms with Gasteiger partial charge in [0.25, 0.3) is 10.0 Å². The van der Waals surface area contributed by atoms with E-state index in [1.807, 2.05) is 44.2 Å². The van der Waals surface area contributed by atoms with E-state index in [0.717, 1.165) is 9.87 Å². The Morgan fingerprint density at radius 1 is 0.822 bits per heavy atom. The molecule has 0 fully saturated rings.